The van der Waals surface area contributed by atoms with Gasteiger partial charge in [0.2, 0.25) is 0 Å². The zero-order chi connectivity index (χ0) is 16.6. The van der Waals surface area contributed by atoms with Gasteiger partial charge >= 0.3 is 6.18 Å². The molecule has 0 atom stereocenters. The van der Waals surface area contributed by atoms with Gasteiger partial charge in [-0.2, -0.15) is 13.2 Å². The number of hydrogen-bond acceptors (Lipinski definition) is 2. The number of furan rings is 1. The lowest BCUT2D eigenvalue weighted by molar-refractivity contribution is -0.137. The number of rotatable bonds is 2. The molecule has 118 valence electrons. The van der Waals surface area contributed by atoms with E-state index in [1.165, 1.54) is 18.2 Å². The summed E-state index contributed by atoms with van der Waals surface area (Å²) in [6.07, 6.45) is -4.47. The molecule has 0 fully saturated rings. The minimum atomic E-state index is -4.47. The third-order valence-electron chi connectivity index (χ3n) is 3.18. The first-order valence-electron chi connectivity index (χ1n) is 6.51. The fraction of sp³-hybridized carbons (Fsp3) is 0.0625. The van der Waals surface area contributed by atoms with Gasteiger partial charge in [-0.3, -0.25) is 4.79 Å². The van der Waals surface area contributed by atoms with Crippen LogP contribution in [0, 0.1) is 0 Å². The predicted molar refractivity (Wildman–Crippen MR) is 83.3 cm³/mol. The van der Waals surface area contributed by atoms with E-state index in [-0.39, 0.29) is 11.4 Å². The number of carbonyl (C=O) groups excluding carboxylic acids is 1. The molecule has 1 heterocycles. The molecular formula is C16H9BrF3NO2. The highest BCUT2D eigenvalue weighted by Crippen LogP contribution is 2.31. The summed E-state index contributed by atoms with van der Waals surface area (Å²) in [5, 5.41) is 3.11. The molecule has 1 amide bonds. The van der Waals surface area contributed by atoms with Gasteiger partial charge in [0.1, 0.15) is 5.58 Å². The molecule has 0 aliphatic heterocycles. The van der Waals surface area contributed by atoms with Crippen molar-refractivity contribution in [2.24, 2.45) is 0 Å². The summed E-state index contributed by atoms with van der Waals surface area (Å²) >= 11 is 3.34. The van der Waals surface area contributed by atoms with Crippen LogP contribution in [0.25, 0.3) is 11.0 Å². The van der Waals surface area contributed by atoms with E-state index in [9.17, 15) is 18.0 Å². The maximum Gasteiger partial charge on any atom is 0.416 e. The Balaban J connectivity index is 1.87. The van der Waals surface area contributed by atoms with E-state index < -0.39 is 17.6 Å². The van der Waals surface area contributed by atoms with E-state index in [0.29, 0.717) is 11.0 Å². The molecule has 0 aliphatic rings. The number of benzene rings is 2. The number of alkyl halides is 3. The van der Waals surface area contributed by atoms with Crippen molar-refractivity contribution in [3.63, 3.8) is 0 Å². The number of anilines is 1. The molecule has 1 aromatic heterocycles. The lowest BCUT2D eigenvalue weighted by Crippen LogP contribution is -2.12. The van der Waals surface area contributed by atoms with Gasteiger partial charge in [0, 0.05) is 15.5 Å². The Bertz CT molecular complexity index is 886. The predicted octanol–water partition coefficient (Wildman–Crippen LogP) is 5.47. The first-order valence-corrected chi connectivity index (χ1v) is 7.30. The fourth-order valence-electron chi connectivity index (χ4n) is 2.10. The average molecular weight is 384 g/mol. The van der Waals surface area contributed by atoms with Crippen LogP contribution in [0.2, 0.25) is 0 Å². The monoisotopic (exact) mass is 383 g/mol. The fourth-order valence-corrected chi connectivity index (χ4v) is 2.57. The molecule has 3 rings (SSSR count). The molecule has 0 spiro atoms. The molecule has 0 aliphatic carbocycles. The van der Waals surface area contributed by atoms with Gasteiger partial charge in [-0.05, 0) is 36.4 Å². The van der Waals surface area contributed by atoms with Crippen LogP contribution in [0.4, 0.5) is 18.9 Å². The summed E-state index contributed by atoms with van der Waals surface area (Å²) < 4.78 is 44.2. The smallest absolute Gasteiger partial charge is 0.416 e. The highest BCUT2D eigenvalue weighted by Gasteiger charge is 2.30. The van der Waals surface area contributed by atoms with Crippen LogP contribution in [-0.2, 0) is 6.18 Å². The summed E-state index contributed by atoms with van der Waals surface area (Å²) in [6.45, 7) is 0. The Morgan fingerprint density at radius 3 is 2.52 bits per heavy atom. The molecule has 3 aromatic rings. The van der Waals surface area contributed by atoms with E-state index in [0.717, 1.165) is 16.6 Å². The number of nitrogens with one attached hydrogen (secondary N) is 1. The van der Waals surface area contributed by atoms with Gasteiger partial charge in [-0.25, -0.2) is 0 Å². The van der Waals surface area contributed by atoms with Crippen LogP contribution in [0.3, 0.4) is 0 Å². The van der Waals surface area contributed by atoms with Crippen LogP contribution >= 0.6 is 15.9 Å². The van der Waals surface area contributed by atoms with Gasteiger partial charge in [-0.15, -0.1) is 0 Å². The quantitative estimate of drug-likeness (QED) is 0.637. The van der Waals surface area contributed by atoms with Crippen molar-refractivity contribution in [2.75, 3.05) is 5.32 Å². The molecule has 0 bridgehead atoms. The van der Waals surface area contributed by atoms with Crippen molar-refractivity contribution in [1.82, 2.24) is 0 Å². The summed E-state index contributed by atoms with van der Waals surface area (Å²) in [4.78, 5) is 12.2. The van der Waals surface area contributed by atoms with Crippen molar-refractivity contribution in [1.29, 1.82) is 0 Å². The van der Waals surface area contributed by atoms with Gasteiger partial charge in [0.15, 0.2) is 5.76 Å². The summed E-state index contributed by atoms with van der Waals surface area (Å²) in [5.74, 6) is -0.600. The first kappa shape index (κ1) is 15.6. The first-order chi connectivity index (χ1) is 10.8. The zero-order valence-electron chi connectivity index (χ0n) is 11.4. The van der Waals surface area contributed by atoms with E-state index in [4.69, 9.17) is 4.42 Å². The van der Waals surface area contributed by atoms with Crippen LogP contribution < -0.4 is 5.32 Å². The Labute approximate surface area is 137 Å². The van der Waals surface area contributed by atoms with E-state index in [2.05, 4.69) is 21.2 Å². The molecular weight excluding hydrogens is 375 g/mol. The lowest BCUT2D eigenvalue weighted by Gasteiger charge is -2.09. The molecule has 23 heavy (non-hydrogen) atoms. The maximum atomic E-state index is 12.7. The third-order valence-corrected chi connectivity index (χ3v) is 3.87. The third kappa shape index (κ3) is 3.24. The van der Waals surface area contributed by atoms with Crippen molar-refractivity contribution in [3.05, 3.63) is 64.3 Å². The van der Waals surface area contributed by atoms with Crippen molar-refractivity contribution < 1.29 is 22.4 Å². The average Bonchev–Trinajstić information content (AvgIpc) is 2.92. The van der Waals surface area contributed by atoms with E-state index >= 15 is 0 Å². The van der Waals surface area contributed by atoms with Crippen molar-refractivity contribution >= 4 is 38.5 Å². The van der Waals surface area contributed by atoms with Gasteiger partial charge in [-0.1, -0.05) is 28.1 Å². The van der Waals surface area contributed by atoms with E-state index in [1.807, 2.05) is 0 Å². The second-order valence-corrected chi connectivity index (χ2v) is 5.65. The number of halogens is 4. The normalized spacial score (nSPS) is 11.7. The van der Waals surface area contributed by atoms with Crippen LogP contribution in [-0.4, -0.2) is 5.91 Å². The highest BCUT2D eigenvalue weighted by molar-refractivity contribution is 9.10. The van der Waals surface area contributed by atoms with Crippen LogP contribution in [0.5, 0.6) is 0 Å². The number of amides is 1. The summed E-state index contributed by atoms with van der Waals surface area (Å²) in [5.41, 5.74) is -0.277. The number of carbonyl (C=O) groups is 1. The number of hydrogen-bond donors (Lipinski definition) is 1. The standard InChI is InChI=1S/C16H9BrF3NO2/c17-12-5-2-6-13-11(12)8-14(23-13)15(22)21-10-4-1-3-9(7-10)16(18,19)20/h1-8H,(H,21,22). The Kier molecular flexibility index (Phi) is 3.89. The highest BCUT2D eigenvalue weighted by atomic mass is 79.9. The molecule has 0 saturated heterocycles. The second-order valence-electron chi connectivity index (χ2n) is 4.79. The topological polar surface area (TPSA) is 42.2 Å². The van der Waals surface area contributed by atoms with Crippen molar-refractivity contribution in [3.8, 4) is 0 Å². The Hall–Kier alpha value is -2.28. The second kappa shape index (κ2) is 5.73. The minimum Gasteiger partial charge on any atom is -0.451 e. The lowest BCUT2D eigenvalue weighted by atomic mass is 10.2. The Morgan fingerprint density at radius 1 is 1.09 bits per heavy atom. The molecule has 1 N–H and O–H groups in total. The molecule has 2 aromatic carbocycles. The van der Waals surface area contributed by atoms with Gasteiger partial charge in [0.25, 0.3) is 5.91 Å². The van der Waals surface area contributed by atoms with Gasteiger partial charge in [0.05, 0.1) is 5.56 Å². The molecule has 7 heteroatoms. The zero-order valence-corrected chi connectivity index (χ0v) is 13.0. The van der Waals surface area contributed by atoms with Crippen LogP contribution in [0.15, 0.2) is 57.4 Å². The minimum absolute atomic E-state index is 0.0179. The van der Waals surface area contributed by atoms with Crippen LogP contribution in [0.1, 0.15) is 16.1 Å². The Morgan fingerprint density at radius 2 is 1.83 bits per heavy atom. The molecule has 0 radical (unpaired) electrons. The maximum absolute atomic E-state index is 12.7. The summed E-state index contributed by atoms with van der Waals surface area (Å²) in [7, 11) is 0. The summed E-state index contributed by atoms with van der Waals surface area (Å²) in [6, 6.07) is 11.2. The molecule has 0 unspecified atom stereocenters. The largest absolute Gasteiger partial charge is 0.451 e. The van der Waals surface area contributed by atoms with E-state index in [1.54, 1.807) is 18.2 Å². The SMILES string of the molecule is O=C(Nc1cccc(C(F)(F)F)c1)c1cc2c(Br)cccc2o1. The molecule has 3 nitrogen and oxygen atoms in total. The number of fused-ring (bicyclic) bond motifs is 1. The molecule has 0 saturated carbocycles. The van der Waals surface area contributed by atoms with Gasteiger partial charge < -0.3 is 9.73 Å². The van der Waals surface area contributed by atoms with Crippen molar-refractivity contribution in [2.45, 2.75) is 6.18 Å².